The molecular formula is C17H20N2O2. The maximum Gasteiger partial charge on any atom is 0.143 e. The Kier molecular flexibility index (Phi) is 4.93. The standard InChI is InChI=1S/C17H20N2O2/c1-4-12(2)13-5-10-17(20)16(11-13)19-18-14-6-8-15(21-3)9-7-14/h5-12,20H,4H2,1-3H3. The Morgan fingerprint density at radius 3 is 2.43 bits per heavy atom. The number of hydrogen-bond acceptors (Lipinski definition) is 4. The molecule has 0 fully saturated rings. The predicted molar refractivity (Wildman–Crippen MR) is 84.0 cm³/mol. The molecule has 1 atom stereocenters. The number of phenolic OH excluding ortho intramolecular Hbond substituents is 1. The topological polar surface area (TPSA) is 54.2 Å². The van der Waals surface area contributed by atoms with Crippen molar-refractivity contribution in [1.82, 2.24) is 0 Å². The highest BCUT2D eigenvalue weighted by Gasteiger charge is 2.07. The van der Waals surface area contributed by atoms with Crippen LogP contribution in [-0.4, -0.2) is 12.2 Å². The maximum atomic E-state index is 9.88. The van der Waals surface area contributed by atoms with Crippen LogP contribution in [0.5, 0.6) is 11.5 Å². The van der Waals surface area contributed by atoms with E-state index < -0.39 is 0 Å². The fourth-order valence-electron chi connectivity index (χ4n) is 1.92. The van der Waals surface area contributed by atoms with Crippen molar-refractivity contribution in [1.29, 1.82) is 0 Å². The van der Waals surface area contributed by atoms with Gasteiger partial charge in [0.05, 0.1) is 12.8 Å². The number of benzene rings is 2. The number of ether oxygens (including phenoxy) is 1. The van der Waals surface area contributed by atoms with Crippen molar-refractivity contribution in [2.45, 2.75) is 26.2 Å². The van der Waals surface area contributed by atoms with E-state index in [1.807, 2.05) is 36.4 Å². The van der Waals surface area contributed by atoms with Crippen molar-refractivity contribution in [3.8, 4) is 11.5 Å². The average molecular weight is 284 g/mol. The predicted octanol–water partition coefficient (Wildman–Crippen LogP) is 5.33. The first kappa shape index (κ1) is 15.0. The number of nitrogens with zero attached hydrogens (tertiary/aromatic N) is 2. The van der Waals surface area contributed by atoms with Crippen molar-refractivity contribution in [2.24, 2.45) is 10.2 Å². The van der Waals surface area contributed by atoms with Gasteiger partial charge in [0.15, 0.2) is 0 Å². The van der Waals surface area contributed by atoms with Gasteiger partial charge in [-0.1, -0.05) is 19.9 Å². The summed E-state index contributed by atoms with van der Waals surface area (Å²) in [6, 6.07) is 12.8. The zero-order chi connectivity index (χ0) is 15.2. The number of methoxy groups -OCH3 is 1. The molecule has 0 saturated carbocycles. The van der Waals surface area contributed by atoms with Crippen LogP contribution < -0.4 is 4.74 Å². The number of hydrogen-bond donors (Lipinski definition) is 1. The van der Waals surface area contributed by atoms with Crippen LogP contribution in [0.2, 0.25) is 0 Å². The molecular weight excluding hydrogens is 264 g/mol. The molecule has 0 bridgehead atoms. The number of azo groups is 1. The third-order valence-electron chi connectivity index (χ3n) is 3.53. The second-order valence-electron chi connectivity index (χ2n) is 4.96. The SMILES string of the molecule is CCC(C)c1ccc(O)c(N=Nc2ccc(OC)cc2)c1. The van der Waals surface area contributed by atoms with E-state index in [-0.39, 0.29) is 5.75 Å². The lowest BCUT2D eigenvalue weighted by Crippen LogP contribution is -1.90. The molecule has 4 nitrogen and oxygen atoms in total. The van der Waals surface area contributed by atoms with Crippen LogP contribution >= 0.6 is 0 Å². The van der Waals surface area contributed by atoms with Crippen LogP contribution in [0, 0.1) is 0 Å². The Hall–Kier alpha value is -2.36. The Bertz CT molecular complexity index is 621. The fraction of sp³-hybridized carbons (Fsp3) is 0.294. The Balaban J connectivity index is 2.22. The molecule has 2 aromatic rings. The molecule has 110 valence electrons. The highest BCUT2D eigenvalue weighted by molar-refractivity contribution is 5.53. The monoisotopic (exact) mass is 284 g/mol. The average Bonchev–Trinajstić information content (AvgIpc) is 2.53. The zero-order valence-electron chi connectivity index (χ0n) is 12.6. The minimum absolute atomic E-state index is 0.138. The second-order valence-corrected chi connectivity index (χ2v) is 4.96. The van der Waals surface area contributed by atoms with Crippen LogP contribution in [0.15, 0.2) is 52.7 Å². The molecule has 1 N–H and O–H groups in total. The summed E-state index contributed by atoms with van der Waals surface area (Å²) < 4.78 is 5.09. The lowest BCUT2D eigenvalue weighted by atomic mass is 9.98. The molecule has 0 radical (unpaired) electrons. The van der Waals surface area contributed by atoms with E-state index in [0.717, 1.165) is 17.7 Å². The highest BCUT2D eigenvalue weighted by atomic mass is 16.5. The maximum absolute atomic E-state index is 9.88. The first-order chi connectivity index (χ1) is 10.1. The molecule has 0 spiro atoms. The first-order valence-corrected chi connectivity index (χ1v) is 7.02. The Morgan fingerprint density at radius 1 is 1.10 bits per heavy atom. The second kappa shape index (κ2) is 6.88. The molecule has 0 aliphatic heterocycles. The minimum atomic E-state index is 0.138. The quantitative estimate of drug-likeness (QED) is 0.754. The molecule has 0 aliphatic carbocycles. The molecule has 0 aliphatic rings. The summed E-state index contributed by atoms with van der Waals surface area (Å²) in [5.41, 5.74) is 2.35. The van der Waals surface area contributed by atoms with Gasteiger partial charge in [-0.2, -0.15) is 5.11 Å². The Morgan fingerprint density at radius 2 is 1.81 bits per heavy atom. The van der Waals surface area contributed by atoms with Gasteiger partial charge in [0.1, 0.15) is 17.2 Å². The molecule has 4 heteroatoms. The van der Waals surface area contributed by atoms with Crippen molar-refractivity contribution >= 4 is 11.4 Å². The summed E-state index contributed by atoms with van der Waals surface area (Å²) in [7, 11) is 1.62. The lowest BCUT2D eigenvalue weighted by Gasteiger charge is -2.09. The molecule has 0 amide bonds. The van der Waals surface area contributed by atoms with E-state index in [0.29, 0.717) is 17.3 Å². The smallest absolute Gasteiger partial charge is 0.143 e. The van der Waals surface area contributed by atoms with Gasteiger partial charge in [0, 0.05) is 0 Å². The summed E-state index contributed by atoms with van der Waals surface area (Å²) in [5.74, 6) is 1.34. The number of aromatic hydroxyl groups is 1. The van der Waals surface area contributed by atoms with Gasteiger partial charge < -0.3 is 9.84 Å². The first-order valence-electron chi connectivity index (χ1n) is 7.02. The van der Waals surface area contributed by atoms with E-state index in [9.17, 15) is 5.11 Å². The van der Waals surface area contributed by atoms with E-state index in [1.54, 1.807) is 13.2 Å². The fourth-order valence-corrected chi connectivity index (χ4v) is 1.92. The van der Waals surface area contributed by atoms with Gasteiger partial charge in [0.2, 0.25) is 0 Å². The zero-order valence-corrected chi connectivity index (χ0v) is 12.6. The van der Waals surface area contributed by atoms with Crippen LogP contribution in [-0.2, 0) is 0 Å². The Labute approximate surface area is 125 Å². The van der Waals surface area contributed by atoms with Crippen LogP contribution in [0.4, 0.5) is 11.4 Å². The van der Waals surface area contributed by atoms with E-state index >= 15 is 0 Å². The van der Waals surface area contributed by atoms with Gasteiger partial charge in [-0.25, -0.2) is 0 Å². The van der Waals surface area contributed by atoms with E-state index in [1.165, 1.54) is 0 Å². The van der Waals surface area contributed by atoms with Gasteiger partial charge in [0.25, 0.3) is 0 Å². The number of rotatable bonds is 5. The summed E-state index contributed by atoms with van der Waals surface area (Å²) in [6.45, 7) is 4.28. The van der Waals surface area contributed by atoms with Crippen LogP contribution in [0.1, 0.15) is 31.7 Å². The third kappa shape index (κ3) is 3.81. The van der Waals surface area contributed by atoms with E-state index in [4.69, 9.17) is 4.74 Å². The normalized spacial score (nSPS) is 12.5. The molecule has 2 aromatic carbocycles. The van der Waals surface area contributed by atoms with Gasteiger partial charge in [-0.15, -0.1) is 5.11 Å². The van der Waals surface area contributed by atoms with Crippen molar-refractivity contribution in [2.75, 3.05) is 7.11 Å². The van der Waals surface area contributed by atoms with Crippen LogP contribution in [0.3, 0.4) is 0 Å². The lowest BCUT2D eigenvalue weighted by molar-refractivity contribution is 0.415. The molecule has 21 heavy (non-hydrogen) atoms. The molecule has 0 saturated heterocycles. The molecule has 0 aromatic heterocycles. The number of phenols is 1. The minimum Gasteiger partial charge on any atom is -0.506 e. The third-order valence-corrected chi connectivity index (χ3v) is 3.53. The van der Waals surface area contributed by atoms with E-state index in [2.05, 4.69) is 24.1 Å². The largest absolute Gasteiger partial charge is 0.506 e. The van der Waals surface area contributed by atoms with Crippen LogP contribution in [0.25, 0.3) is 0 Å². The van der Waals surface area contributed by atoms with Crippen molar-refractivity contribution < 1.29 is 9.84 Å². The van der Waals surface area contributed by atoms with Gasteiger partial charge >= 0.3 is 0 Å². The van der Waals surface area contributed by atoms with Crippen molar-refractivity contribution in [3.63, 3.8) is 0 Å². The highest BCUT2D eigenvalue weighted by Crippen LogP contribution is 2.32. The summed E-state index contributed by atoms with van der Waals surface area (Å²) in [4.78, 5) is 0. The summed E-state index contributed by atoms with van der Waals surface area (Å²) >= 11 is 0. The van der Waals surface area contributed by atoms with Gasteiger partial charge in [-0.3, -0.25) is 0 Å². The molecule has 1 unspecified atom stereocenters. The molecule has 0 heterocycles. The summed E-state index contributed by atoms with van der Waals surface area (Å²) in [5, 5.41) is 18.2. The summed E-state index contributed by atoms with van der Waals surface area (Å²) in [6.07, 6.45) is 1.04. The molecule has 2 rings (SSSR count). The van der Waals surface area contributed by atoms with Gasteiger partial charge in [-0.05, 0) is 54.3 Å². The van der Waals surface area contributed by atoms with Crippen molar-refractivity contribution in [3.05, 3.63) is 48.0 Å².